The Morgan fingerprint density at radius 1 is 1.44 bits per heavy atom. The Labute approximate surface area is 57.6 Å². The molecule has 9 heavy (non-hydrogen) atoms. The smallest absolute Gasteiger partial charge is 0.0222 e. The summed E-state index contributed by atoms with van der Waals surface area (Å²) in [6.45, 7) is 7.46. The van der Waals surface area contributed by atoms with Crippen molar-refractivity contribution in [3.8, 4) is 0 Å². The van der Waals surface area contributed by atoms with E-state index in [2.05, 4.69) is 6.58 Å². The van der Waals surface area contributed by atoms with E-state index in [1.807, 2.05) is 13.8 Å². The first-order chi connectivity index (χ1) is 4.27. The molecule has 0 saturated carbocycles. The third-order valence-electron chi connectivity index (χ3n) is 0.457. The van der Waals surface area contributed by atoms with Crippen molar-refractivity contribution in [1.82, 2.24) is 5.01 Å². The highest BCUT2D eigenvalue weighted by atomic mass is 15.4. The molecule has 0 heterocycles. The monoisotopic (exact) mass is 128 g/mol. The molecule has 0 spiro atoms. The van der Waals surface area contributed by atoms with E-state index in [0.29, 0.717) is 0 Å². The largest absolute Gasteiger partial charge is 0.321 e. The molecular formula is C7H16N2. The van der Waals surface area contributed by atoms with Gasteiger partial charge in [-0.3, -0.25) is 0 Å². The van der Waals surface area contributed by atoms with Crippen molar-refractivity contribution in [2.45, 2.75) is 13.8 Å². The van der Waals surface area contributed by atoms with Crippen molar-refractivity contribution in [3.63, 3.8) is 0 Å². The summed E-state index contributed by atoms with van der Waals surface area (Å²) in [4.78, 5) is 0. The first-order valence-electron chi connectivity index (χ1n) is 3.04. The summed E-state index contributed by atoms with van der Waals surface area (Å²) in [5, 5.41) is 1.46. The zero-order chi connectivity index (χ0) is 7.70. The minimum Gasteiger partial charge on any atom is -0.321 e. The van der Waals surface area contributed by atoms with Gasteiger partial charge in [-0.15, -0.1) is 0 Å². The highest BCUT2D eigenvalue weighted by molar-refractivity contribution is 4.95. The molecular weight excluding hydrogens is 112 g/mol. The molecule has 0 aromatic rings. The van der Waals surface area contributed by atoms with Crippen LogP contribution in [0.1, 0.15) is 13.8 Å². The molecule has 0 atom stereocenters. The number of rotatable bonds is 2. The summed E-state index contributed by atoms with van der Waals surface area (Å²) in [5.41, 5.74) is 0. The predicted molar refractivity (Wildman–Crippen MR) is 42.6 cm³/mol. The summed E-state index contributed by atoms with van der Waals surface area (Å²) in [6.07, 6.45) is 5.15. The molecule has 0 radical (unpaired) electrons. The van der Waals surface area contributed by atoms with Crippen LogP contribution >= 0.6 is 0 Å². The summed E-state index contributed by atoms with van der Waals surface area (Å²) >= 11 is 0. The van der Waals surface area contributed by atoms with E-state index >= 15 is 0 Å². The summed E-state index contributed by atoms with van der Waals surface area (Å²) < 4.78 is 0. The van der Waals surface area contributed by atoms with Crippen molar-refractivity contribution < 1.29 is 0 Å². The Morgan fingerprint density at radius 2 is 1.89 bits per heavy atom. The quantitative estimate of drug-likeness (QED) is 0.347. The van der Waals surface area contributed by atoms with Crippen molar-refractivity contribution in [2.75, 3.05) is 7.05 Å². The van der Waals surface area contributed by atoms with Crippen molar-refractivity contribution >= 4 is 0 Å². The Hall–Kier alpha value is -0.760. The zero-order valence-electron chi connectivity index (χ0n) is 6.46. The van der Waals surface area contributed by atoms with E-state index in [9.17, 15) is 0 Å². The highest BCUT2D eigenvalue weighted by Gasteiger charge is 1.67. The van der Waals surface area contributed by atoms with Gasteiger partial charge in [0.1, 0.15) is 0 Å². The second-order valence-electron chi connectivity index (χ2n) is 1.24. The summed E-state index contributed by atoms with van der Waals surface area (Å²) in [7, 11) is 1.75. The minimum absolute atomic E-state index is 1.46. The summed E-state index contributed by atoms with van der Waals surface area (Å²) in [5.74, 6) is 5.18. The normalized spacial score (nSPS) is 8.00. The fourth-order valence-electron chi connectivity index (χ4n) is 0.197. The van der Waals surface area contributed by atoms with Gasteiger partial charge in [0, 0.05) is 13.2 Å². The molecule has 54 valence electrons. The number of nitrogens with zero attached hydrogens (tertiary/aromatic N) is 1. The molecule has 0 amide bonds. The Balaban J connectivity index is 0. The van der Waals surface area contributed by atoms with Crippen LogP contribution in [0.4, 0.5) is 0 Å². The second-order valence-corrected chi connectivity index (χ2v) is 1.24. The van der Waals surface area contributed by atoms with Crippen LogP contribution in [0.25, 0.3) is 0 Å². The molecule has 2 nitrogen and oxygen atoms in total. The van der Waals surface area contributed by atoms with Gasteiger partial charge in [-0.2, -0.15) is 0 Å². The van der Waals surface area contributed by atoms with Gasteiger partial charge >= 0.3 is 0 Å². The molecule has 0 unspecified atom stereocenters. The first-order valence-corrected chi connectivity index (χ1v) is 3.04. The lowest BCUT2D eigenvalue weighted by Crippen LogP contribution is -2.17. The molecule has 0 saturated heterocycles. The van der Waals surface area contributed by atoms with Crippen LogP contribution in [0, 0.1) is 0 Å². The van der Waals surface area contributed by atoms with Crippen molar-refractivity contribution in [1.29, 1.82) is 0 Å². The van der Waals surface area contributed by atoms with E-state index in [1.165, 1.54) is 5.01 Å². The second kappa shape index (κ2) is 10.3. The average molecular weight is 128 g/mol. The topological polar surface area (TPSA) is 29.3 Å². The van der Waals surface area contributed by atoms with Crippen molar-refractivity contribution in [3.05, 3.63) is 24.9 Å². The van der Waals surface area contributed by atoms with E-state index in [4.69, 9.17) is 5.84 Å². The molecule has 0 aromatic carbocycles. The van der Waals surface area contributed by atoms with Crippen LogP contribution < -0.4 is 5.84 Å². The molecule has 0 aliphatic carbocycles. The lowest BCUT2D eigenvalue weighted by atomic mass is 10.6. The van der Waals surface area contributed by atoms with Crippen LogP contribution in [0.3, 0.4) is 0 Å². The molecule has 0 fully saturated rings. The van der Waals surface area contributed by atoms with Gasteiger partial charge in [-0.25, -0.2) is 5.84 Å². The van der Waals surface area contributed by atoms with Gasteiger partial charge in [0.05, 0.1) is 0 Å². The van der Waals surface area contributed by atoms with Crippen LogP contribution in [-0.2, 0) is 0 Å². The van der Waals surface area contributed by atoms with Gasteiger partial charge < -0.3 is 5.01 Å². The standard InChI is InChI=1S/C5H10N2.C2H6/c1-3-4-5-7(2)6;1-2/h3-5H,1,6H2,2H3;1-2H3/b5-4-;. The molecule has 2 N–H and O–H groups in total. The van der Waals surface area contributed by atoms with Crippen LogP contribution in [0.5, 0.6) is 0 Å². The average Bonchev–Trinajstić information content (AvgIpc) is 1.88. The van der Waals surface area contributed by atoms with E-state index in [-0.39, 0.29) is 0 Å². The molecule has 0 rings (SSSR count). The maximum Gasteiger partial charge on any atom is 0.0222 e. The Bertz CT molecular complexity index is 75.0. The van der Waals surface area contributed by atoms with E-state index in [0.717, 1.165) is 0 Å². The van der Waals surface area contributed by atoms with Gasteiger partial charge in [-0.05, 0) is 6.08 Å². The van der Waals surface area contributed by atoms with Crippen LogP contribution in [0.2, 0.25) is 0 Å². The van der Waals surface area contributed by atoms with Crippen molar-refractivity contribution in [2.24, 2.45) is 5.84 Å². The van der Waals surface area contributed by atoms with Gasteiger partial charge in [0.25, 0.3) is 0 Å². The molecule has 0 aliphatic heterocycles. The minimum atomic E-state index is 1.46. The number of hydrogen-bond donors (Lipinski definition) is 1. The number of nitrogens with two attached hydrogens (primary N) is 1. The van der Waals surface area contributed by atoms with Crippen LogP contribution in [-0.4, -0.2) is 12.1 Å². The SMILES string of the molecule is C=C/C=C\N(C)N.CC. The summed E-state index contributed by atoms with van der Waals surface area (Å²) in [6, 6.07) is 0. The first kappa shape index (κ1) is 11.1. The lowest BCUT2D eigenvalue weighted by Gasteiger charge is -2.00. The zero-order valence-corrected chi connectivity index (χ0v) is 6.46. The number of hydrazine groups is 1. The molecule has 0 bridgehead atoms. The lowest BCUT2D eigenvalue weighted by molar-refractivity contribution is 0.485. The number of hydrogen-bond acceptors (Lipinski definition) is 2. The third kappa shape index (κ3) is 18.9. The Morgan fingerprint density at radius 3 is 2.00 bits per heavy atom. The van der Waals surface area contributed by atoms with E-state index < -0.39 is 0 Å². The molecule has 0 aliphatic rings. The van der Waals surface area contributed by atoms with Gasteiger partial charge in [0.2, 0.25) is 0 Å². The van der Waals surface area contributed by atoms with Crippen LogP contribution in [0.15, 0.2) is 24.9 Å². The fourth-order valence-corrected chi connectivity index (χ4v) is 0.197. The van der Waals surface area contributed by atoms with E-state index in [1.54, 1.807) is 25.4 Å². The Kier molecular flexibility index (Phi) is 12.7. The van der Waals surface area contributed by atoms with Gasteiger partial charge in [0.15, 0.2) is 0 Å². The fraction of sp³-hybridized carbons (Fsp3) is 0.429. The maximum absolute atomic E-state index is 5.18. The third-order valence-corrected chi connectivity index (χ3v) is 0.457. The number of allylic oxidation sites excluding steroid dienone is 2. The molecule has 2 heteroatoms. The highest BCUT2D eigenvalue weighted by Crippen LogP contribution is 1.71. The maximum atomic E-state index is 5.18. The predicted octanol–water partition coefficient (Wildman–Crippen LogP) is 1.52. The molecule has 0 aromatic heterocycles. The van der Waals surface area contributed by atoms with Gasteiger partial charge in [-0.1, -0.05) is 26.5 Å².